The van der Waals surface area contributed by atoms with Gasteiger partial charge in [0.1, 0.15) is 0 Å². The number of hydrogen-bond acceptors (Lipinski definition) is 3. The molecule has 0 spiro atoms. The van der Waals surface area contributed by atoms with Gasteiger partial charge in [-0.05, 0) is 43.5 Å². The molecule has 0 saturated carbocycles. The standard InChI is InChI=1S/C13H16N2O3S/c14-19(17,18)12-8-6-11(7-9-12)15-13(16)10-4-2-1-3-5-10/h1-2,6-10H,3-5H2,(H,15,16)(H2,14,17,18)/t10-/m0/s1. The van der Waals surface area contributed by atoms with Gasteiger partial charge in [0.15, 0.2) is 0 Å². The minimum Gasteiger partial charge on any atom is -0.326 e. The maximum Gasteiger partial charge on any atom is 0.238 e. The molecule has 0 radical (unpaired) electrons. The van der Waals surface area contributed by atoms with Gasteiger partial charge >= 0.3 is 0 Å². The monoisotopic (exact) mass is 280 g/mol. The summed E-state index contributed by atoms with van der Waals surface area (Å²) in [6.45, 7) is 0. The Labute approximate surface area is 112 Å². The van der Waals surface area contributed by atoms with Crippen molar-refractivity contribution >= 4 is 21.6 Å². The molecule has 0 unspecified atom stereocenters. The number of primary sulfonamides is 1. The fourth-order valence-electron chi connectivity index (χ4n) is 2.00. The molecule has 2 rings (SSSR count). The van der Waals surface area contributed by atoms with Gasteiger partial charge in [0, 0.05) is 11.6 Å². The Morgan fingerprint density at radius 3 is 2.42 bits per heavy atom. The molecule has 3 N–H and O–H groups in total. The predicted octanol–water partition coefficient (Wildman–Crippen LogP) is 1.63. The fourth-order valence-corrected chi connectivity index (χ4v) is 2.52. The van der Waals surface area contributed by atoms with Crippen molar-refractivity contribution in [1.29, 1.82) is 0 Å². The van der Waals surface area contributed by atoms with Crippen LogP contribution in [0.15, 0.2) is 41.3 Å². The van der Waals surface area contributed by atoms with Crippen LogP contribution in [-0.4, -0.2) is 14.3 Å². The van der Waals surface area contributed by atoms with E-state index >= 15 is 0 Å². The zero-order chi connectivity index (χ0) is 13.9. The van der Waals surface area contributed by atoms with Crippen LogP contribution >= 0.6 is 0 Å². The second-order valence-electron chi connectivity index (χ2n) is 4.54. The van der Waals surface area contributed by atoms with Crippen LogP contribution in [0.5, 0.6) is 0 Å². The number of carbonyl (C=O) groups is 1. The molecule has 0 bridgehead atoms. The summed E-state index contributed by atoms with van der Waals surface area (Å²) in [7, 11) is -3.69. The number of allylic oxidation sites excluding steroid dienone is 2. The number of rotatable bonds is 3. The molecular weight excluding hydrogens is 264 g/mol. The molecule has 0 fully saturated rings. The van der Waals surface area contributed by atoms with Crippen molar-refractivity contribution in [3.05, 3.63) is 36.4 Å². The summed E-state index contributed by atoms with van der Waals surface area (Å²) in [5, 5.41) is 7.78. The largest absolute Gasteiger partial charge is 0.326 e. The topological polar surface area (TPSA) is 89.3 Å². The van der Waals surface area contributed by atoms with E-state index in [-0.39, 0.29) is 16.7 Å². The van der Waals surface area contributed by atoms with Gasteiger partial charge in [-0.2, -0.15) is 0 Å². The van der Waals surface area contributed by atoms with E-state index < -0.39 is 10.0 Å². The third-order valence-electron chi connectivity index (χ3n) is 3.09. The Morgan fingerprint density at radius 2 is 1.89 bits per heavy atom. The molecule has 102 valence electrons. The smallest absolute Gasteiger partial charge is 0.238 e. The molecule has 0 heterocycles. The van der Waals surface area contributed by atoms with Crippen molar-refractivity contribution < 1.29 is 13.2 Å². The highest BCUT2D eigenvalue weighted by atomic mass is 32.2. The number of nitrogens with one attached hydrogen (secondary N) is 1. The van der Waals surface area contributed by atoms with Gasteiger partial charge in [-0.3, -0.25) is 4.79 Å². The zero-order valence-corrected chi connectivity index (χ0v) is 11.2. The maximum atomic E-state index is 12.0. The SMILES string of the molecule is NS(=O)(=O)c1ccc(NC(=O)[C@H]2CC=CCC2)cc1. The Bertz CT molecular complexity index is 591. The van der Waals surface area contributed by atoms with Crippen molar-refractivity contribution in [2.45, 2.75) is 24.2 Å². The van der Waals surface area contributed by atoms with Gasteiger partial charge < -0.3 is 5.32 Å². The van der Waals surface area contributed by atoms with Crippen molar-refractivity contribution in [1.82, 2.24) is 0 Å². The molecule has 0 aromatic heterocycles. The summed E-state index contributed by atoms with van der Waals surface area (Å²) in [5.41, 5.74) is 0.576. The average molecular weight is 280 g/mol. The molecule has 1 amide bonds. The number of amides is 1. The second-order valence-corrected chi connectivity index (χ2v) is 6.10. The van der Waals surface area contributed by atoms with E-state index in [4.69, 9.17) is 5.14 Å². The third kappa shape index (κ3) is 3.65. The molecule has 1 aromatic rings. The van der Waals surface area contributed by atoms with Crippen LogP contribution in [0.4, 0.5) is 5.69 Å². The van der Waals surface area contributed by atoms with E-state index in [1.165, 1.54) is 24.3 Å². The Hall–Kier alpha value is -1.66. The predicted molar refractivity (Wildman–Crippen MR) is 72.9 cm³/mol. The summed E-state index contributed by atoms with van der Waals surface area (Å²) in [4.78, 5) is 12.0. The lowest BCUT2D eigenvalue weighted by atomic mass is 9.93. The van der Waals surface area contributed by atoms with Crippen molar-refractivity contribution in [2.75, 3.05) is 5.32 Å². The van der Waals surface area contributed by atoms with Crippen LogP contribution < -0.4 is 10.5 Å². The quantitative estimate of drug-likeness (QED) is 0.825. The molecule has 1 aliphatic rings. The molecule has 6 heteroatoms. The Kier molecular flexibility index (Phi) is 4.01. The first-order valence-electron chi connectivity index (χ1n) is 6.05. The molecule has 0 aliphatic heterocycles. The normalized spacial score (nSPS) is 19.1. The molecule has 19 heavy (non-hydrogen) atoms. The number of carbonyl (C=O) groups excluding carboxylic acids is 1. The highest BCUT2D eigenvalue weighted by Gasteiger charge is 2.18. The van der Waals surface area contributed by atoms with Crippen LogP contribution in [0.3, 0.4) is 0 Å². The summed E-state index contributed by atoms with van der Waals surface area (Å²) in [6.07, 6.45) is 6.60. The van der Waals surface area contributed by atoms with Gasteiger partial charge in [0.25, 0.3) is 0 Å². The summed E-state index contributed by atoms with van der Waals surface area (Å²) in [5.74, 6) is -0.0457. The van der Waals surface area contributed by atoms with E-state index in [1.54, 1.807) is 0 Å². The van der Waals surface area contributed by atoms with Gasteiger partial charge in [-0.25, -0.2) is 13.6 Å². The summed E-state index contributed by atoms with van der Waals surface area (Å²) in [6, 6.07) is 5.84. The average Bonchev–Trinajstić information content (AvgIpc) is 2.39. The first kappa shape index (κ1) is 13.8. The van der Waals surface area contributed by atoms with Crippen LogP contribution in [0.2, 0.25) is 0 Å². The molecule has 1 aromatic carbocycles. The highest BCUT2D eigenvalue weighted by molar-refractivity contribution is 7.89. The number of hydrogen-bond donors (Lipinski definition) is 2. The lowest BCUT2D eigenvalue weighted by molar-refractivity contribution is -0.120. The molecule has 0 saturated heterocycles. The minimum atomic E-state index is -3.69. The summed E-state index contributed by atoms with van der Waals surface area (Å²) < 4.78 is 22.2. The van der Waals surface area contributed by atoms with Crippen LogP contribution in [0.25, 0.3) is 0 Å². The van der Waals surface area contributed by atoms with Crippen molar-refractivity contribution in [2.24, 2.45) is 11.1 Å². The molecule has 5 nitrogen and oxygen atoms in total. The number of anilines is 1. The number of sulfonamides is 1. The van der Waals surface area contributed by atoms with Gasteiger partial charge in [-0.15, -0.1) is 0 Å². The number of nitrogens with two attached hydrogens (primary N) is 1. The Morgan fingerprint density at radius 1 is 1.21 bits per heavy atom. The van der Waals surface area contributed by atoms with E-state index in [0.29, 0.717) is 5.69 Å². The van der Waals surface area contributed by atoms with Gasteiger partial charge in [-0.1, -0.05) is 12.2 Å². The molecular formula is C13H16N2O3S. The fraction of sp³-hybridized carbons (Fsp3) is 0.308. The third-order valence-corrected chi connectivity index (χ3v) is 4.02. The molecule has 1 aliphatic carbocycles. The van der Waals surface area contributed by atoms with E-state index in [1.807, 2.05) is 6.08 Å². The van der Waals surface area contributed by atoms with Crippen molar-refractivity contribution in [3.8, 4) is 0 Å². The Balaban J connectivity index is 2.03. The lowest BCUT2D eigenvalue weighted by Crippen LogP contribution is -2.23. The van der Waals surface area contributed by atoms with E-state index in [2.05, 4.69) is 11.4 Å². The summed E-state index contributed by atoms with van der Waals surface area (Å²) >= 11 is 0. The minimum absolute atomic E-state index is 0.0112. The number of benzene rings is 1. The second kappa shape index (κ2) is 5.54. The van der Waals surface area contributed by atoms with E-state index in [9.17, 15) is 13.2 Å². The highest BCUT2D eigenvalue weighted by Crippen LogP contribution is 2.20. The van der Waals surface area contributed by atoms with Crippen LogP contribution in [0, 0.1) is 5.92 Å². The first-order chi connectivity index (χ1) is 8.97. The molecule has 1 atom stereocenters. The van der Waals surface area contributed by atoms with E-state index in [0.717, 1.165) is 19.3 Å². The lowest BCUT2D eigenvalue weighted by Gasteiger charge is -2.17. The zero-order valence-electron chi connectivity index (χ0n) is 10.4. The first-order valence-corrected chi connectivity index (χ1v) is 7.60. The van der Waals surface area contributed by atoms with Crippen LogP contribution in [-0.2, 0) is 14.8 Å². The maximum absolute atomic E-state index is 12.0. The van der Waals surface area contributed by atoms with Gasteiger partial charge in [0.2, 0.25) is 15.9 Å². The van der Waals surface area contributed by atoms with Crippen molar-refractivity contribution in [3.63, 3.8) is 0 Å². The van der Waals surface area contributed by atoms with Crippen LogP contribution in [0.1, 0.15) is 19.3 Å². The van der Waals surface area contributed by atoms with Gasteiger partial charge in [0.05, 0.1) is 4.90 Å².